The highest BCUT2D eigenvalue weighted by molar-refractivity contribution is 5.95. The number of carbonyl (C=O) groups is 1. The molecule has 0 saturated carbocycles. The van der Waals surface area contributed by atoms with Gasteiger partial charge in [0.1, 0.15) is 0 Å². The van der Waals surface area contributed by atoms with Crippen LogP contribution in [-0.2, 0) is 4.79 Å². The molecule has 1 aliphatic heterocycles. The summed E-state index contributed by atoms with van der Waals surface area (Å²) in [6.07, 6.45) is 5.03. The summed E-state index contributed by atoms with van der Waals surface area (Å²) in [6.45, 7) is 3.74. The van der Waals surface area contributed by atoms with Gasteiger partial charge in [-0.2, -0.15) is 0 Å². The molecule has 1 aliphatic rings. The minimum absolute atomic E-state index is 0. The van der Waals surface area contributed by atoms with E-state index in [9.17, 15) is 4.79 Å². The Labute approximate surface area is 135 Å². The number of piperidine rings is 1. The molecule has 1 atom stereocenters. The van der Waals surface area contributed by atoms with Crippen molar-refractivity contribution in [2.45, 2.75) is 19.8 Å². The molecule has 5 nitrogen and oxygen atoms in total. The summed E-state index contributed by atoms with van der Waals surface area (Å²) < 4.78 is 5.24. The summed E-state index contributed by atoms with van der Waals surface area (Å²) in [6, 6.07) is 7.60. The lowest BCUT2D eigenvalue weighted by Gasteiger charge is -2.32. The number of carbonyl (C=O) groups excluding carboxylic acids is 1. The number of benzene rings is 1. The third kappa shape index (κ3) is 3.48. The average Bonchev–Trinajstić information content (AvgIpc) is 3.03. The summed E-state index contributed by atoms with van der Waals surface area (Å²) in [7, 11) is 0. The van der Waals surface area contributed by atoms with Gasteiger partial charge >= 0.3 is 0 Å². The Morgan fingerprint density at radius 1 is 1.36 bits per heavy atom. The van der Waals surface area contributed by atoms with Crippen molar-refractivity contribution in [3.05, 3.63) is 36.9 Å². The van der Waals surface area contributed by atoms with Crippen LogP contribution in [0, 0.1) is 5.41 Å². The van der Waals surface area contributed by atoms with Gasteiger partial charge in [-0.3, -0.25) is 4.79 Å². The lowest BCUT2D eigenvalue weighted by molar-refractivity contribution is -0.125. The summed E-state index contributed by atoms with van der Waals surface area (Å²) >= 11 is 0. The summed E-state index contributed by atoms with van der Waals surface area (Å²) in [5.74, 6) is 0.790. The molecule has 1 fully saturated rings. The Morgan fingerprint density at radius 3 is 2.73 bits per heavy atom. The van der Waals surface area contributed by atoms with E-state index < -0.39 is 0 Å². The van der Waals surface area contributed by atoms with E-state index in [-0.39, 0.29) is 23.7 Å². The van der Waals surface area contributed by atoms with Gasteiger partial charge in [0.05, 0.1) is 11.6 Å². The standard InChI is InChI=1S/C16H19N3O2.ClH/c1-16(7-2-8-17-10-16)15(20)19-13-5-3-12(4-6-13)14-9-18-11-21-14;/h3-6,9,11,17H,2,7-8,10H2,1H3,(H,19,20);1H. The molecule has 1 amide bonds. The Bertz CT molecular complexity index is 605. The van der Waals surface area contributed by atoms with Crippen LogP contribution in [0.5, 0.6) is 0 Å². The quantitative estimate of drug-likeness (QED) is 0.911. The van der Waals surface area contributed by atoms with Crippen molar-refractivity contribution >= 4 is 24.0 Å². The molecular weight excluding hydrogens is 302 g/mol. The predicted molar refractivity (Wildman–Crippen MR) is 88.0 cm³/mol. The van der Waals surface area contributed by atoms with Gasteiger partial charge in [0.15, 0.2) is 12.2 Å². The molecule has 118 valence electrons. The van der Waals surface area contributed by atoms with Crippen LogP contribution in [0.15, 0.2) is 41.3 Å². The zero-order valence-corrected chi connectivity index (χ0v) is 13.3. The fraction of sp³-hybridized carbons (Fsp3) is 0.375. The molecular formula is C16H20ClN3O2. The van der Waals surface area contributed by atoms with E-state index >= 15 is 0 Å². The minimum atomic E-state index is -0.331. The van der Waals surface area contributed by atoms with Gasteiger partial charge in [0, 0.05) is 17.8 Å². The van der Waals surface area contributed by atoms with Crippen LogP contribution in [0.2, 0.25) is 0 Å². The summed E-state index contributed by atoms with van der Waals surface area (Å²) in [4.78, 5) is 16.3. The van der Waals surface area contributed by atoms with E-state index in [2.05, 4.69) is 15.6 Å². The number of aromatic nitrogens is 1. The molecule has 1 saturated heterocycles. The van der Waals surface area contributed by atoms with E-state index in [1.165, 1.54) is 6.39 Å². The molecule has 1 aromatic heterocycles. The van der Waals surface area contributed by atoms with Gasteiger partial charge in [-0.15, -0.1) is 12.4 Å². The number of anilines is 1. The number of halogens is 1. The van der Waals surface area contributed by atoms with Crippen LogP contribution in [0.3, 0.4) is 0 Å². The van der Waals surface area contributed by atoms with Crippen LogP contribution in [0.4, 0.5) is 5.69 Å². The van der Waals surface area contributed by atoms with Gasteiger partial charge in [-0.05, 0) is 50.6 Å². The van der Waals surface area contributed by atoms with Gasteiger partial charge in [0.2, 0.25) is 5.91 Å². The van der Waals surface area contributed by atoms with Crippen molar-refractivity contribution in [1.82, 2.24) is 10.3 Å². The van der Waals surface area contributed by atoms with Crippen LogP contribution < -0.4 is 10.6 Å². The molecule has 22 heavy (non-hydrogen) atoms. The molecule has 0 spiro atoms. The van der Waals surface area contributed by atoms with E-state index in [0.717, 1.165) is 42.9 Å². The first-order valence-electron chi connectivity index (χ1n) is 7.18. The Balaban J connectivity index is 0.00000176. The summed E-state index contributed by atoms with van der Waals surface area (Å²) in [5, 5.41) is 6.29. The summed E-state index contributed by atoms with van der Waals surface area (Å²) in [5.41, 5.74) is 1.41. The van der Waals surface area contributed by atoms with Crippen molar-refractivity contribution in [2.75, 3.05) is 18.4 Å². The van der Waals surface area contributed by atoms with Crippen LogP contribution >= 0.6 is 12.4 Å². The fourth-order valence-corrected chi connectivity index (χ4v) is 2.61. The maximum atomic E-state index is 12.4. The predicted octanol–water partition coefficient (Wildman–Crippen LogP) is 3.09. The average molecular weight is 322 g/mol. The second-order valence-electron chi connectivity index (χ2n) is 5.74. The van der Waals surface area contributed by atoms with Crippen molar-refractivity contribution in [2.24, 2.45) is 5.41 Å². The van der Waals surface area contributed by atoms with E-state index in [0.29, 0.717) is 0 Å². The number of nitrogens with one attached hydrogen (secondary N) is 2. The fourth-order valence-electron chi connectivity index (χ4n) is 2.61. The number of hydrogen-bond donors (Lipinski definition) is 2. The first-order chi connectivity index (χ1) is 10.2. The maximum absolute atomic E-state index is 12.4. The first-order valence-corrected chi connectivity index (χ1v) is 7.18. The van der Waals surface area contributed by atoms with Gasteiger partial charge in [-0.25, -0.2) is 4.98 Å². The van der Waals surface area contributed by atoms with E-state index in [4.69, 9.17) is 4.42 Å². The second-order valence-corrected chi connectivity index (χ2v) is 5.74. The van der Waals surface area contributed by atoms with Crippen molar-refractivity contribution < 1.29 is 9.21 Å². The molecule has 0 bridgehead atoms. The molecule has 2 heterocycles. The topological polar surface area (TPSA) is 67.2 Å². The monoisotopic (exact) mass is 321 g/mol. The lowest BCUT2D eigenvalue weighted by atomic mass is 9.82. The molecule has 6 heteroatoms. The minimum Gasteiger partial charge on any atom is -0.444 e. The lowest BCUT2D eigenvalue weighted by Crippen LogP contribution is -2.46. The highest BCUT2D eigenvalue weighted by Crippen LogP contribution is 2.28. The van der Waals surface area contributed by atoms with Crippen LogP contribution in [-0.4, -0.2) is 24.0 Å². The molecule has 1 unspecified atom stereocenters. The van der Waals surface area contributed by atoms with Crippen LogP contribution in [0.1, 0.15) is 19.8 Å². The number of nitrogens with zero attached hydrogens (tertiary/aromatic N) is 1. The Hall–Kier alpha value is -1.85. The van der Waals surface area contributed by atoms with Crippen LogP contribution in [0.25, 0.3) is 11.3 Å². The van der Waals surface area contributed by atoms with Crippen molar-refractivity contribution in [1.29, 1.82) is 0 Å². The third-order valence-electron chi connectivity index (χ3n) is 4.01. The van der Waals surface area contributed by atoms with Gasteiger partial charge < -0.3 is 15.1 Å². The Morgan fingerprint density at radius 2 is 2.14 bits per heavy atom. The van der Waals surface area contributed by atoms with Gasteiger partial charge in [0.25, 0.3) is 0 Å². The number of rotatable bonds is 3. The smallest absolute Gasteiger partial charge is 0.231 e. The highest BCUT2D eigenvalue weighted by atomic mass is 35.5. The Kier molecular flexibility index (Phi) is 5.21. The molecule has 1 aromatic carbocycles. The molecule has 2 N–H and O–H groups in total. The van der Waals surface area contributed by atoms with E-state index in [1.807, 2.05) is 31.2 Å². The largest absolute Gasteiger partial charge is 0.444 e. The molecule has 2 aromatic rings. The SMILES string of the molecule is CC1(C(=O)Nc2ccc(-c3cnco3)cc2)CCCNC1.Cl. The molecule has 0 aliphatic carbocycles. The van der Waals surface area contributed by atoms with Crippen molar-refractivity contribution in [3.8, 4) is 11.3 Å². The van der Waals surface area contributed by atoms with Gasteiger partial charge in [-0.1, -0.05) is 0 Å². The maximum Gasteiger partial charge on any atom is 0.231 e. The highest BCUT2D eigenvalue weighted by Gasteiger charge is 2.34. The van der Waals surface area contributed by atoms with Crippen molar-refractivity contribution in [3.63, 3.8) is 0 Å². The number of oxazole rings is 1. The third-order valence-corrected chi connectivity index (χ3v) is 4.01. The normalized spacial score (nSPS) is 21.0. The number of amides is 1. The van der Waals surface area contributed by atoms with E-state index in [1.54, 1.807) is 6.20 Å². The zero-order chi connectivity index (χ0) is 14.7. The second kappa shape index (κ2) is 6.94. The molecule has 0 radical (unpaired) electrons. The molecule has 3 rings (SSSR count). The number of hydrogen-bond acceptors (Lipinski definition) is 4. The zero-order valence-electron chi connectivity index (χ0n) is 12.5. The first kappa shape index (κ1) is 16.5.